The second kappa shape index (κ2) is 11.4. The Hall–Kier alpha value is -4.53. The second-order valence-corrected chi connectivity index (χ2v) is 10.7. The van der Waals surface area contributed by atoms with E-state index in [4.69, 9.17) is 14.2 Å². The van der Waals surface area contributed by atoms with Crippen LogP contribution >= 0.6 is 0 Å². The number of hydrogen-bond acceptors (Lipinski definition) is 7. The van der Waals surface area contributed by atoms with Crippen LogP contribution in [0.4, 0.5) is 31.1 Å². The number of urea groups is 1. The highest BCUT2D eigenvalue weighted by Crippen LogP contribution is 2.50. The van der Waals surface area contributed by atoms with E-state index in [2.05, 4.69) is 10.3 Å². The molecule has 15 heteroatoms. The van der Waals surface area contributed by atoms with Crippen LogP contribution in [0.25, 0.3) is 0 Å². The first-order valence-electron chi connectivity index (χ1n) is 13.7. The van der Waals surface area contributed by atoms with E-state index in [0.29, 0.717) is 54.4 Å². The number of alkyl halides is 6. The Balaban J connectivity index is 1.38. The molecule has 1 fully saturated rings. The third kappa shape index (κ3) is 5.72. The summed E-state index contributed by atoms with van der Waals surface area (Å²) in [5.41, 5.74) is -7.06. The zero-order valence-electron chi connectivity index (χ0n) is 23.9. The molecule has 1 atom stereocenters. The minimum absolute atomic E-state index is 0.0234. The molecule has 1 aromatic heterocycles. The molecule has 0 radical (unpaired) electrons. The molecular weight excluding hydrogens is 612 g/mol. The summed E-state index contributed by atoms with van der Waals surface area (Å²) in [6, 6.07) is 9.14. The molecule has 3 aromatic rings. The van der Waals surface area contributed by atoms with E-state index in [0.717, 1.165) is 11.0 Å². The van der Waals surface area contributed by atoms with Gasteiger partial charge in [-0.25, -0.2) is 9.78 Å². The van der Waals surface area contributed by atoms with Gasteiger partial charge in [-0.15, -0.1) is 0 Å². The van der Waals surface area contributed by atoms with Gasteiger partial charge in [0.25, 0.3) is 11.5 Å². The normalized spacial score (nSPS) is 18.6. The van der Waals surface area contributed by atoms with Crippen molar-refractivity contribution in [2.24, 2.45) is 0 Å². The van der Waals surface area contributed by atoms with Gasteiger partial charge in [-0.1, -0.05) is 25.5 Å². The maximum Gasteiger partial charge on any atom is 0.430 e. The summed E-state index contributed by atoms with van der Waals surface area (Å²) in [5, 5.41) is 12.5. The van der Waals surface area contributed by atoms with E-state index in [1.807, 2.05) is 0 Å². The number of carbonyl (C=O) groups is 2. The molecule has 0 saturated carbocycles. The molecule has 2 N–H and O–H groups in total. The Labute approximate surface area is 252 Å². The predicted molar refractivity (Wildman–Crippen MR) is 145 cm³/mol. The minimum atomic E-state index is -6.04. The molecule has 3 heterocycles. The van der Waals surface area contributed by atoms with Gasteiger partial charge in [0.2, 0.25) is 5.88 Å². The number of fused-ring (bicyclic) bond motifs is 1. The Morgan fingerprint density at radius 2 is 1.67 bits per heavy atom. The van der Waals surface area contributed by atoms with Crippen molar-refractivity contribution in [2.45, 2.75) is 56.7 Å². The van der Waals surface area contributed by atoms with Gasteiger partial charge in [0, 0.05) is 17.8 Å². The van der Waals surface area contributed by atoms with Gasteiger partial charge >= 0.3 is 18.4 Å². The number of aromatic nitrogens is 1. The Kier molecular flexibility index (Phi) is 8.10. The quantitative estimate of drug-likeness (QED) is 0.234. The lowest BCUT2D eigenvalue weighted by Gasteiger charge is -2.33. The Bertz CT molecular complexity index is 1610. The number of benzene rings is 2. The van der Waals surface area contributed by atoms with Gasteiger partial charge in [-0.3, -0.25) is 9.69 Å². The number of aryl methyl sites for hydroxylation is 1. The monoisotopic (exact) mass is 639 g/mol. The van der Waals surface area contributed by atoms with E-state index in [9.17, 15) is 41.0 Å². The summed E-state index contributed by atoms with van der Waals surface area (Å²) in [6.07, 6.45) is -10.4. The van der Waals surface area contributed by atoms with Crippen LogP contribution in [0.5, 0.6) is 23.1 Å². The number of hydrogen-bond donors (Lipinski definition) is 2. The summed E-state index contributed by atoms with van der Waals surface area (Å²) in [7, 11) is 0. The molecule has 0 spiro atoms. The lowest BCUT2D eigenvalue weighted by Crippen LogP contribution is -2.53. The number of pyridine rings is 1. The number of carbonyl (C=O) groups excluding carboxylic acids is 2. The standard InChI is InChI=1S/C30H27F6N3O6/c1-3-4-18-14-20(28(42,29(31,32)33)30(34,35)36)6-7-21(18)45-24-13-17(9-10-37-24)16-39-25(40)27(2,38-26(39)41)19-5-8-22-23(15-19)44-12-11-43-22/h5-10,13-15,42H,3-4,11-12,16H2,1-2H3,(H,38,41). The summed E-state index contributed by atoms with van der Waals surface area (Å²) in [4.78, 5) is 31.5. The van der Waals surface area contributed by atoms with E-state index >= 15 is 0 Å². The Morgan fingerprint density at radius 1 is 0.978 bits per heavy atom. The first-order valence-corrected chi connectivity index (χ1v) is 13.7. The zero-order chi connectivity index (χ0) is 32.8. The van der Waals surface area contributed by atoms with Gasteiger partial charge in [-0.2, -0.15) is 26.3 Å². The SMILES string of the molecule is CCCc1cc(C(O)(C(F)(F)F)C(F)(F)F)ccc1Oc1cc(CN2C(=O)NC(C)(c3ccc4c(c3)OCCO4)C2=O)ccn1. The van der Waals surface area contributed by atoms with Crippen molar-refractivity contribution in [3.63, 3.8) is 0 Å². The van der Waals surface area contributed by atoms with Gasteiger partial charge in [0.05, 0.1) is 6.54 Å². The van der Waals surface area contributed by atoms with Crippen LogP contribution in [-0.4, -0.2) is 52.5 Å². The fourth-order valence-corrected chi connectivity index (χ4v) is 5.15. The number of amides is 3. The summed E-state index contributed by atoms with van der Waals surface area (Å²) in [5.74, 6) is 0.221. The highest BCUT2D eigenvalue weighted by atomic mass is 19.4. The van der Waals surface area contributed by atoms with Crippen LogP contribution in [0.1, 0.15) is 42.5 Å². The molecule has 0 aliphatic carbocycles. The van der Waals surface area contributed by atoms with E-state index in [1.165, 1.54) is 18.3 Å². The van der Waals surface area contributed by atoms with Gasteiger partial charge in [0.15, 0.2) is 11.5 Å². The maximum atomic E-state index is 13.5. The van der Waals surface area contributed by atoms with Crippen LogP contribution in [-0.2, 0) is 28.9 Å². The van der Waals surface area contributed by atoms with Crippen molar-refractivity contribution in [2.75, 3.05) is 13.2 Å². The zero-order valence-corrected chi connectivity index (χ0v) is 23.9. The van der Waals surface area contributed by atoms with Crippen molar-refractivity contribution >= 4 is 11.9 Å². The van der Waals surface area contributed by atoms with Gasteiger partial charge in [0.1, 0.15) is 24.5 Å². The molecule has 1 unspecified atom stereocenters. The summed E-state index contributed by atoms with van der Waals surface area (Å²) >= 11 is 0. The first-order chi connectivity index (χ1) is 21.1. The fourth-order valence-electron chi connectivity index (χ4n) is 5.15. The molecule has 240 valence electrons. The van der Waals surface area contributed by atoms with Gasteiger partial charge < -0.3 is 24.6 Å². The van der Waals surface area contributed by atoms with E-state index < -0.39 is 41.0 Å². The van der Waals surface area contributed by atoms with Gasteiger partial charge in [-0.05, 0) is 60.4 Å². The van der Waals surface area contributed by atoms with Crippen molar-refractivity contribution in [3.05, 3.63) is 77.0 Å². The minimum Gasteiger partial charge on any atom is -0.486 e. The lowest BCUT2D eigenvalue weighted by molar-refractivity contribution is -0.376. The smallest absolute Gasteiger partial charge is 0.430 e. The van der Waals surface area contributed by atoms with Crippen LogP contribution in [0.15, 0.2) is 54.7 Å². The third-order valence-electron chi connectivity index (χ3n) is 7.57. The van der Waals surface area contributed by atoms with Crippen LogP contribution in [0.2, 0.25) is 0 Å². The number of halogens is 6. The molecule has 1 saturated heterocycles. The largest absolute Gasteiger partial charge is 0.486 e. The van der Waals surface area contributed by atoms with Crippen molar-refractivity contribution in [1.29, 1.82) is 0 Å². The molecule has 3 amide bonds. The number of aliphatic hydroxyl groups is 1. The molecule has 2 aliphatic rings. The average Bonchev–Trinajstić information content (AvgIpc) is 3.20. The van der Waals surface area contributed by atoms with Crippen LogP contribution in [0.3, 0.4) is 0 Å². The highest BCUT2D eigenvalue weighted by Gasteiger charge is 2.71. The Morgan fingerprint density at radius 3 is 2.33 bits per heavy atom. The molecule has 2 aromatic carbocycles. The number of rotatable bonds is 8. The molecular formula is C30H27F6N3O6. The highest BCUT2D eigenvalue weighted by molar-refractivity contribution is 6.07. The van der Waals surface area contributed by atoms with Crippen LogP contribution in [0, 0.1) is 0 Å². The maximum absolute atomic E-state index is 13.5. The van der Waals surface area contributed by atoms with Crippen LogP contribution < -0.4 is 19.5 Å². The predicted octanol–water partition coefficient (Wildman–Crippen LogP) is 5.88. The topological polar surface area (TPSA) is 110 Å². The number of nitrogens with one attached hydrogen (secondary N) is 1. The van der Waals surface area contributed by atoms with Crippen molar-refractivity contribution in [1.82, 2.24) is 15.2 Å². The number of ether oxygens (including phenoxy) is 3. The van der Waals surface area contributed by atoms with E-state index in [1.54, 1.807) is 32.0 Å². The van der Waals surface area contributed by atoms with E-state index in [-0.39, 0.29) is 30.2 Å². The molecule has 0 bridgehead atoms. The van der Waals surface area contributed by atoms with Crippen molar-refractivity contribution in [3.8, 4) is 23.1 Å². The summed E-state index contributed by atoms with van der Waals surface area (Å²) in [6.45, 7) is 3.73. The lowest BCUT2D eigenvalue weighted by atomic mass is 9.90. The molecule has 2 aliphatic heterocycles. The molecule has 45 heavy (non-hydrogen) atoms. The third-order valence-corrected chi connectivity index (χ3v) is 7.57. The average molecular weight is 640 g/mol. The number of nitrogens with zero attached hydrogens (tertiary/aromatic N) is 2. The van der Waals surface area contributed by atoms with Crippen molar-refractivity contribution < 1.29 is 55.2 Å². The molecule has 9 nitrogen and oxygen atoms in total. The first kappa shape index (κ1) is 31.9. The summed E-state index contributed by atoms with van der Waals surface area (Å²) < 4.78 is 97.6. The number of imide groups is 1. The molecule has 5 rings (SSSR count). The fraction of sp³-hybridized carbons (Fsp3) is 0.367. The second-order valence-electron chi connectivity index (χ2n) is 10.7.